The number of benzene rings is 1. The molecule has 28 heavy (non-hydrogen) atoms. The Kier molecular flexibility index (Phi) is 5.50. The summed E-state index contributed by atoms with van der Waals surface area (Å²) in [5, 5.41) is 13.6. The van der Waals surface area contributed by atoms with Crippen molar-refractivity contribution in [2.45, 2.75) is 0 Å². The minimum absolute atomic E-state index is 0.198. The van der Waals surface area contributed by atoms with Gasteiger partial charge in [-0.3, -0.25) is 4.90 Å². The molecule has 0 radical (unpaired) electrons. The second-order valence-electron chi connectivity index (χ2n) is 6.67. The van der Waals surface area contributed by atoms with Crippen LogP contribution in [0.15, 0.2) is 48.9 Å². The Hall–Kier alpha value is -2.97. The summed E-state index contributed by atoms with van der Waals surface area (Å²) >= 11 is 0. The van der Waals surface area contributed by atoms with Gasteiger partial charge in [0.05, 0.1) is 31.3 Å². The zero-order chi connectivity index (χ0) is 19.3. The van der Waals surface area contributed by atoms with Gasteiger partial charge in [-0.05, 0) is 18.2 Å². The third-order valence-electron chi connectivity index (χ3n) is 4.91. The van der Waals surface area contributed by atoms with Gasteiger partial charge in [-0.1, -0.05) is 6.07 Å². The lowest BCUT2D eigenvalue weighted by Crippen LogP contribution is -2.47. The first-order valence-corrected chi connectivity index (χ1v) is 9.37. The summed E-state index contributed by atoms with van der Waals surface area (Å²) in [6, 6.07) is 9.67. The summed E-state index contributed by atoms with van der Waals surface area (Å²) in [5.74, 6) is 1.52. The molecule has 0 saturated carbocycles. The van der Waals surface area contributed by atoms with Gasteiger partial charge in [0.25, 0.3) is 0 Å². The lowest BCUT2D eigenvalue weighted by molar-refractivity contribution is 0.188. The van der Waals surface area contributed by atoms with E-state index in [-0.39, 0.29) is 6.61 Å². The number of hydrogen-bond acceptors (Lipinski definition) is 7. The first-order chi connectivity index (χ1) is 13.8. The zero-order valence-corrected chi connectivity index (χ0v) is 15.9. The maximum Gasteiger partial charge on any atom is 0.225 e. The van der Waals surface area contributed by atoms with Crippen LogP contribution >= 0.6 is 0 Å². The van der Waals surface area contributed by atoms with Crippen LogP contribution in [0.5, 0.6) is 5.75 Å². The van der Waals surface area contributed by atoms with Gasteiger partial charge in [0.15, 0.2) is 0 Å². The molecule has 8 heteroatoms. The van der Waals surface area contributed by atoms with Crippen LogP contribution < -0.4 is 9.64 Å². The van der Waals surface area contributed by atoms with Gasteiger partial charge in [-0.15, -0.1) is 0 Å². The highest BCUT2D eigenvalue weighted by Crippen LogP contribution is 2.22. The minimum atomic E-state index is 0.198. The van der Waals surface area contributed by atoms with E-state index in [1.54, 1.807) is 13.3 Å². The maximum absolute atomic E-state index is 9.08. The Morgan fingerprint density at radius 1 is 1.14 bits per heavy atom. The Balaban J connectivity index is 1.51. The Morgan fingerprint density at radius 3 is 2.79 bits per heavy atom. The number of methoxy groups -OCH3 is 1. The highest BCUT2D eigenvalue weighted by atomic mass is 16.5. The van der Waals surface area contributed by atoms with E-state index >= 15 is 0 Å². The van der Waals surface area contributed by atoms with Crippen molar-refractivity contribution in [1.29, 1.82) is 0 Å². The molecular weight excluding hydrogens is 356 g/mol. The lowest BCUT2D eigenvalue weighted by Gasteiger charge is -2.34. The van der Waals surface area contributed by atoms with Gasteiger partial charge in [0, 0.05) is 56.7 Å². The van der Waals surface area contributed by atoms with Crippen molar-refractivity contribution >= 4 is 5.95 Å². The Morgan fingerprint density at radius 2 is 2.00 bits per heavy atom. The van der Waals surface area contributed by atoms with Crippen molar-refractivity contribution in [2.24, 2.45) is 0 Å². The van der Waals surface area contributed by atoms with Crippen LogP contribution in [0, 0.1) is 0 Å². The number of aliphatic hydroxyl groups is 1. The van der Waals surface area contributed by atoms with Crippen LogP contribution in [0.1, 0.15) is 0 Å². The standard InChI is InChI=1S/C20H24N6O2/c1-28-18-4-2-3-17(13-18)26-15-16(14-22-26)19-5-6-21-20(23-19)25-9-7-24(8-10-25)11-12-27/h2-6,13-15,27H,7-12H2,1H3. The van der Waals surface area contributed by atoms with Crippen LogP contribution in [0.25, 0.3) is 16.9 Å². The second kappa shape index (κ2) is 8.37. The van der Waals surface area contributed by atoms with Gasteiger partial charge in [-0.25, -0.2) is 14.6 Å². The molecule has 8 nitrogen and oxygen atoms in total. The summed E-state index contributed by atoms with van der Waals surface area (Å²) in [6.07, 6.45) is 5.56. The first-order valence-electron chi connectivity index (χ1n) is 9.37. The average Bonchev–Trinajstić information content (AvgIpc) is 3.25. The molecule has 0 aliphatic carbocycles. The number of piperazine rings is 1. The van der Waals surface area contributed by atoms with E-state index in [1.807, 2.05) is 47.4 Å². The molecule has 1 fully saturated rings. The Bertz CT molecular complexity index is 920. The van der Waals surface area contributed by atoms with E-state index < -0.39 is 0 Å². The molecule has 4 rings (SSSR count). The molecule has 1 aliphatic rings. The predicted octanol–water partition coefficient (Wildman–Crippen LogP) is 1.45. The van der Waals surface area contributed by atoms with Crippen LogP contribution in [-0.4, -0.2) is 76.2 Å². The lowest BCUT2D eigenvalue weighted by atomic mass is 10.2. The van der Waals surface area contributed by atoms with E-state index in [0.29, 0.717) is 0 Å². The molecule has 0 unspecified atom stereocenters. The molecular formula is C20H24N6O2. The molecule has 1 aliphatic heterocycles. The fraction of sp³-hybridized carbons (Fsp3) is 0.350. The van der Waals surface area contributed by atoms with Crippen LogP contribution in [0.2, 0.25) is 0 Å². The van der Waals surface area contributed by atoms with Crippen molar-refractivity contribution in [3.63, 3.8) is 0 Å². The number of rotatable bonds is 6. The van der Waals surface area contributed by atoms with Crippen molar-refractivity contribution in [3.8, 4) is 22.7 Å². The molecule has 1 saturated heterocycles. The number of ether oxygens (including phenoxy) is 1. The largest absolute Gasteiger partial charge is 0.497 e. The van der Waals surface area contributed by atoms with Gasteiger partial charge in [-0.2, -0.15) is 5.10 Å². The van der Waals surface area contributed by atoms with Gasteiger partial charge >= 0.3 is 0 Å². The van der Waals surface area contributed by atoms with Crippen LogP contribution in [-0.2, 0) is 0 Å². The summed E-state index contributed by atoms with van der Waals surface area (Å²) in [7, 11) is 1.65. The fourth-order valence-corrected chi connectivity index (χ4v) is 3.32. The molecule has 2 aromatic heterocycles. The molecule has 146 valence electrons. The smallest absolute Gasteiger partial charge is 0.225 e. The van der Waals surface area contributed by atoms with Gasteiger partial charge in [0.1, 0.15) is 5.75 Å². The molecule has 0 amide bonds. The number of aliphatic hydroxyl groups excluding tert-OH is 1. The van der Waals surface area contributed by atoms with E-state index in [2.05, 4.69) is 19.9 Å². The van der Waals surface area contributed by atoms with E-state index in [4.69, 9.17) is 14.8 Å². The van der Waals surface area contributed by atoms with Crippen molar-refractivity contribution < 1.29 is 9.84 Å². The topological polar surface area (TPSA) is 79.5 Å². The normalized spacial score (nSPS) is 15.0. The summed E-state index contributed by atoms with van der Waals surface area (Å²) in [6.45, 7) is 4.43. The highest BCUT2D eigenvalue weighted by Gasteiger charge is 2.19. The van der Waals surface area contributed by atoms with Crippen LogP contribution in [0.3, 0.4) is 0 Å². The summed E-state index contributed by atoms with van der Waals surface area (Å²) in [5.41, 5.74) is 2.71. The molecule has 0 atom stereocenters. The molecule has 1 aromatic carbocycles. The molecule has 3 heterocycles. The molecule has 0 spiro atoms. The number of anilines is 1. The predicted molar refractivity (Wildman–Crippen MR) is 107 cm³/mol. The van der Waals surface area contributed by atoms with E-state index in [0.717, 1.165) is 61.4 Å². The number of aromatic nitrogens is 4. The monoisotopic (exact) mass is 380 g/mol. The third kappa shape index (κ3) is 3.97. The number of β-amino-alcohol motifs (C(OH)–C–C–N with tert-alkyl or cyclic N) is 1. The molecule has 1 N–H and O–H groups in total. The van der Waals surface area contributed by atoms with E-state index in [1.165, 1.54) is 0 Å². The van der Waals surface area contributed by atoms with Crippen molar-refractivity contribution in [1.82, 2.24) is 24.6 Å². The van der Waals surface area contributed by atoms with Crippen molar-refractivity contribution in [3.05, 3.63) is 48.9 Å². The van der Waals surface area contributed by atoms with Gasteiger partial charge < -0.3 is 14.7 Å². The average molecular weight is 380 g/mol. The Labute approximate surface area is 164 Å². The number of nitrogens with zero attached hydrogens (tertiary/aromatic N) is 6. The van der Waals surface area contributed by atoms with Crippen LogP contribution in [0.4, 0.5) is 5.95 Å². The minimum Gasteiger partial charge on any atom is -0.497 e. The van der Waals surface area contributed by atoms with Crippen molar-refractivity contribution in [2.75, 3.05) is 51.3 Å². The van der Waals surface area contributed by atoms with Gasteiger partial charge in [0.2, 0.25) is 5.95 Å². The number of hydrogen-bond donors (Lipinski definition) is 1. The quantitative estimate of drug-likeness (QED) is 0.693. The molecule has 0 bridgehead atoms. The summed E-state index contributed by atoms with van der Waals surface area (Å²) in [4.78, 5) is 13.6. The SMILES string of the molecule is COc1cccc(-n2cc(-c3ccnc(N4CCN(CCO)CC4)n3)cn2)c1. The zero-order valence-electron chi connectivity index (χ0n) is 15.9. The van der Waals surface area contributed by atoms with E-state index in [9.17, 15) is 0 Å². The summed E-state index contributed by atoms with van der Waals surface area (Å²) < 4.78 is 7.10. The first kappa shape index (κ1) is 18.4. The molecule has 3 aromatic rings. The highest BCUT2D eigenvalue weighted by molar-refractivity contribution is 5.59. The fourth-order valence-electron chi connectivity index (χ4n) is 3.32. The third-order valence-corrected chi connectivity index (χ3v) is 4.91. The second-order valence-corrected chi connectivity index (χ2v) is 6.67. The maximum atomic E-state index is 9.08.